The van der Waals surface area contributed by atoms with E-state index in [4.69, 9.17) is 4.74 Å². The Morgan fingerprint density at radius 2 is 1.85 bits per heavy atom. The summed E-state index contributed by atoms with van der Waals surface area (Å²) in [5.41, 5.74) is 1.44. The van der Waals surface area contributed by atoms with Gasteiger partial charge in [0.15, 0.2) is 0 Å². The molecule has 0 unspecified atom stereocenters. The monoisotopic (exact) mass is 342 g/mol. The van der Waals surface area contributed by atoms with Crippen LogP contribution >= 0.6 is 15.9 Å². The van der Waals surface area contributed by atoms with E-state index in [1.165, 1.54) is 0 Å². The minimum atomic E-state index is 0.0744. The molecule has 0 bridgehead atoms. The Labute approximate surface area is 131 Å². The van der Waals surface area contributed by atoms with Gasteiger partial charge in [-0.15, -0.1) is 0 Å². The first-order chi connectivity index (χ1) is 9.07. The summed E-state index contributed by atoms with van der Waals surface area (Å²) in [6, 6.07) is 2.07. The van der Waals surface area contributed by atoms with Gasteiger partial charge in [-0.1, -0.05) is 20.8 Å². The molecule has 0 radical (unpaired) electrons. The molecule has 0 aliphatic carbocycles. The lowest BCUT2D eigenvalue weighted by Gasteiger charge is -2.22. The third-order valence-corrected chi connectivity index (χ3v) is 3.23. The summed E-state index contributed by atoms with van der Waals surface area (Å²) in [7, 11) is 0. The Kier molecular flexibility index (Phi) is 6.02. The number of aromatic nitrogens is 1. The van der Waals surface area contributed by atoms with Crippen LogP contribution in [-0.2, 0) is 6.54 Å². The van der Waals surface area contributed by atoms with Crippen molar-refractivity contribution in [3.8, 4) is 5.88 Å². The van der Waals surface area contributed by atoms with E-state index in [-0.39, 0.29) is 11.0 Å². The molecule has 0 aliphatic heterocycles. The Balaban J connectivity index is 2.70. The summed E-state index contributed by atoms with van der Waals surface area (Å²) in [6.07, 6.45) is 2.80. The molecule has 1 heterocycles. The normalized spacial score (nSPS) is 12.6. The van der Waals surface area contributed by atoms with Gasteiger partial charge < -0.3 is 10.1 Å². The zero-order valence-corrected chi connectivity index (χ0v) is 15.1. The Morgan fingerprint density at radius 1 is 1.20 bits per heavy atom. The maximum Gasteiger partial charge on any atom is 0.217 e. The van der Waals surface area contributed by atoms with Crippen LogP contribution in [-0.4, -0.2) is 17.1 Å². The molecule has 0 aromatic carbocycles. The van der Waals surface area contributed by atoms with E-state index in [9.17, 15) is 0 Å². The standard InChI is InChI=1S/C16H27BrN2O/c1-15(2,3)7-8-20-14-12(9-13(17)11-18-14)10-19-16(4,5)6/h9,11,19H,7-8,10H2,1-6H3. The van der Waals surface area contributed by atoms with Crippen LogP contribution in [0.4, 0.5) is 0 Å². The third-order valence-electron chi connectivity index (χ3n) is 2.79. The van der Waals surface area contributed by atoms with Gasteiger partial charge in [-0.25, -0.2) is 4.98 Å². The van der Waals surface area contributed by atoms with Gasteiger partial charge in [0.25, 0.3) is 0 Å². The van der Waals surface area contributed by atoms with Crippen LogP contribution in [0.15, 0.2) is 16.7 Å². The molecular weight excluding hydrogens is 316 g/mol. The quantitative estimate of drug-likeness (QED) is 0.852. The molecule has 1 N–H and O–H groups in total. The smallest absolute Gasteiger partial charge is 0.217 e. The molecule has 0 amide bonds. The van der Waals surface area contributed by atoms with Crippen molar-refractivity contribution in [3.05, 3.63) is 22.3 Å². The van der Waals surface area contributed by atoms with Crippen molar-refractivity contribution < 1.29 is 4.74 Å². The number of rotatable bonds is 5. The number of nitrogens with one attached hydrogen (secondary N) is 1. The molecule has 1 aromatic rings. The summed E-state index contributed by atoms with van der Waals surface area (Å²) in [4.78, 5) is 4.39. The fourth-order valence-corrected chi connectivity index (χ4v) is 1.92. The van der Waals surface area contributed by atoms with Crippen molar-refractivity contribution in [2.75, 3.05) is 6.61 Å². The number of hydrogen-bond acceptors (Lipinski definition) is 3. The molecule has 0 fully saturated rings. The average Bonchev–Trinajstić information content (AvgIpc) is 2.26. The van der Waals surface area contributed by atoms with Crippen molar-refractivity contribution in [2.45, 2.75) is 60.0 Å². The van der Waals surface area contributed by atoms with Gasteiger partial charge in [-0.05, 0) is 54.6 Å². The largest absolute Gasteiger partial charge is 0.477 e. The summed E-state index contributed by atoms with van der Waals surface area (Å²) in [5, 5.41) is 3.47. The summed E-state index contributed by atoms with van der Waals surface area (Å²) >= 11 is 3.47. The molecule has 20 heavy (non-hydrogen) atoms. The van der Waals surface area contributed by atoms with Gasteiger partial charge in [0.1, 0.15) is 0 Å². The molecule has 0 aliphatic rings. The Morgan fingerprint density at radius 3 is 2.40 bits per heavy atom. The van der Waals surface area contributed by atoms with E-state index >= 15 is 0 Å². The van der Waals surface area contributed by atoms with Crippen molar-refractivity contribution in [1.29, 1.82) is 0 Å². The molecule has 3 nitrogen and oxygen atoms in total. The van der Waals surface area contributed by atoms with Crippen LogP contribution in [0, 0.1) is 5.41 Å². The van der Waals surface area contributed by atoms with Gasteiger partial charge >= 0.3 is 0 Å². The number of ether oxygens (including phenoxy) is 1. The topological polar surface area (TPSA) is 34.1 Å². The minimum absolute atomic E-state index is 0.0744. The molecule has 4 heteroatoms. The molecule has 0 spiro atoms. The van der Waals surface area contributed by atoms with Crippen molar-refractivity contribution >= 4 is 15.9 Å². The lowest BCUT2D eigenvalue weighted by Crippen LogP contribution is -2.35. The van der Waals surface area contributed by atoms with Gasteiger partial charge in [0.05, 0.1) is 6.61 Å². The van der Waals surface area contributed by atoms with E-state index in [1.54, 1.807) is 6.20 Å². The van der Waals surface area contributed by atoms with Crippen LogP contribution in [0.1, 0.15) is 53.5 Å². The maximum absolute atomic E-state index is 5.86. The first kappa shape index (κ1) is 17.4. The summed E-state index contributed by atoms with van der Waals surface area (Å²) in [5.74, 6) is 0.731. The zero-order chi connectivity index (χ0) is 15.4. The predicted molar refractivity (Wildman–Crippen MR) is 88.1 cm³/mol. The fourth-order valence-electron chi connectivity index (χ4n) is 1.54. The van der Waals surface area contributed by atoms with Crippen molar-refractivity contribution in [1.82, 2.24) is 10.3 Å². The van der Waals surface area contributed by atoms with E-state index < -0.39 is 0 Å². The third kappa shape index (κ3) is 7.25. The van der Waals surface area contributed by atoms with E-state index in [0.29, 0.717) is 6.61 Å². The molecule has 114 valence electrons. The highest BCUT2D eigenvalue weighted by Crippen LogP contribution is 2.23. The second kappa shape index (κ2) is 6.90. The van der Waals surface area contributed by atoms with Crippen LogP contribution in [0.25, 0.3) is 0 Å². The number of halogens is 1. The lowest BCUT2D eigenvalue weighted by atomic mass is 9.93. The SMILES string of the molecule is CC(C)(C)CCOc1ncc(Br)cc1CNC(C)(C)C. The zero-order valence-electron chi connectivity index (χ0n) is 13.5. The van der Waals surface area contributed by atoms with Crippen LogP contribution in [0.5, 0.6) is 5.88 Å². The van der Waals surface area contributed by atoms with Crippen molar-refractivity contribution in [2.24, 2.45) is 5.41 Å². The van der Waals surface area contributed by atoms with Gasteiger partial charge in [0.2, 0.25) is 5.88 Å². The van der Waals surface area contributed by atoms with E-state index in [1.807, 2.05) is 0 Å². The molecular formula is C16H27BrN2O. The number of hydrogen-bond donors (Lipinski definition) is 1. The molecule has 1 aromatic heterocycles. The molecule has 0 atom stereocenters. The van der Waals surface area contributed by atoms with E-state index in [0.717, 1.165) is 28.9 Å². The molecule has 1 rings (SSSR count). The van der Waals surface area contributed by atoms with Crippen molar-refractivity contribution in [3.63, 3.8) is 0 Å². The fraction of sp³-hybridized carbons (Fsp3) is 0.688. The minimum Gasteiger partial charge on any atom is -0.477 e. The first-order valence-electron chi connectivity index (χ1n) is 7.09. The first-order valence-corrected chi connectivity index (χ1v) is 7.88. The van der Waals surface area contributed by atoms with Crippen LogP contribution in [0.3, 0.4) is 0 Å². The second-order valence-corrected chi connectivity index (χ2v) is 8.30. The van der Waals surface area contributed by atoms with E-state index in [2.05, 4.69) is 73.8 Å². The highest BCUT2D eigenvalue weighted by Gasteiger charge is 2.14. The summed E-state index contributed by atoms with van der Waals surface area (Å²) in [6.45, 7) is 14.5. The van der Waals surface area contributed by atoms with Crippen LogP contribution in [0.2, 0.25) is 0 Å². The van der Waals surface area contributed by atoms with Crippen LogP contribution < -0.4 is 10.1 Å². The Hall–Kier alpha value is -0.610. The molecule has 0 saturated carbocycles. The predicted octanol–water partition coefficient (Wildman–Crippen LogP) is 4.55. The number of pyridine rings is 1. The molecule has 0 saturated heterocycles. The van der Waals surface area contributed by atoms with Gasteiger partial charge in [-0.2, -0.15) is 0 Å². The highest BCUT2D eigenvalue weighted by atomic mass is 79.9. The number of nitrogens with zero attached hydrogens (tertiary/aromatic N) is 1. The van der Waals surface area contributed by atoms with Gasteiger partial charge in [-0.3, -0.25) is 0 Å². The Bertz CT molecular complexity index is 433. The lowest BCUT2D eigenvalue weighted by molar-refractivity contribution is 0.233. The highest BCUT2D eigenvalue weighted by molar-refractivity contribution is 9.10. The van der Waals surface area contributed by atoms with Gasteiger partial charge in [0, 0.05) is 28.3 Å². The summed E-state index contributed by atoms with van der Waals surface area (Å²) < 4.78 is 6.84. The maximum atomic E-state index is 5.86. The second-order valence-electron chi connectivity index (χ2n) is 7.38. The average molecular weight is 343 g/mol.